The summed E-state index contributed by atoms with van der Waals surface area (Å²) in [6.07, 6.45) is 0. The number of ether oxygens (including phenoxy) is 1. The number of aryl methyl sites for hydroxylation is 2. The molecular formula is C20H16N2O2. The number of benzene rings is 2. The highest BCUT2D eigenvalue weighted by molar-refractivity contribution is 6.04. The molecule has 0 aliphatic carbocycles. The molecule has 0 spiro atoms. The number of rotatable bonds is 1. The average molecular weight is 316 g/mol. The Balaban J connectivity index is 2.19. The van der Waals surface area contributed by atoms with Crippen LogP contribution >= 0.6 is 0 Å². The third-order valence-electron chi connectivity index (χ3n) is 4.78. The topological polar surface area (TPSA) is 55.0 Å². The van der Waals surface area contributed by atoms with Crippen LogP contribution in [-0.4, -0.2) is 17.6 Å². The summed E-state index contributed by atoms with van der Waals surface area (Å²) in [4.78, 5) is 12.2. The van der Waals surface area contributed by atoms with Crippen LogP contribution < -0.4 is 0 Å². The summed E-state index contributed by atoms with van der Waals surface area (Å²) in [5.74, 6) is -0.358. The highest BCUT2D eigenvalue weighted by Gasteiger charge is 2.27. The van der Waals surface area contributed by atoms with Gasteiger partial charge >= 0.3 is 5.97 Å². The average Bonchev–Trinajstić information content (AvgIpc) is 2.94. The molecule has 4 nitrogen and oxygen atoms in total. The minimum atomic E-state index is -0.358. The number of nitriles is 1. The lowest BCUT2D eigenvalue weighted by Crippen LogP contribution is -2.16. The summed E-state index contributed by atoms with van der Waals surface area (Å²) in [6.45, 7) is 4.74. The van der Waals surface area contributed by atoms with E-state index >= 15 is 0 Å². The van der Waals surface area contributed by atoms with Crippen molar-refractivity contribution < 1.29 is 9.53 Å². The van der Waals surface area contributed by atoms with E-state index in [1.807, 2.05) is 22.8 Å². The van der Waals surface area contributed by atoms with Gasteiger partial charge in [-0.25, -0.2) is 4.79 Å². The number of aromatic nitrogens is 1. The summed E-state index contributed by atoms with van der Waals surface area (Å²) in [5, 5.41) is 10.6. The first-order valence-corrected chi connectivity index (χ1v) is 7.80. The number of hydrogen-bond donors (Lipinski definition) is 0. The van der Waals surface area contributed by atoms with E-state index in [4.69, 9.17) is 4.74 Å². The second-order valence-corrected chi connectivity index (χ2v) is 6.25. The number of carbonyl (C=O) groups is 1. The first-order chi connectivity index (χ1) is 11.5. The largest absolute Gasteiger partial charge is 0.464 e. The third-order valence-corrected chi connectivity index (χ3v) is 4.78. The van der Waals surface area contributed by atoms with Gasteiger partial charge in [0.15, 0.2) is 0 Å². The number of fused-ring (bicyclic) bond motifs is 2. The lowest BCUT2D eigenvalue weighted by Gasteiger charge is -2.24. The van der Waals surface area contributed by atoms with Crippen molar-refractivity contribution in [3.63, 3.8) is 0 Å². The molecule has 0 N–H and O–H groups in total. The SMILES string of the molecule is COC(=O)c1cc2ccc(C#N)c3c2n1Cc1c(C)cc(C)cc1-3. The van der Waals surface area contributed by atoms with Crippen LogP contribution in [0.25, 0.3) is 22.0 Å². The molecule has 1 aliphatic heterocycles. The molecule has 4 heteroatoms. The van der Waals surface area contributed by atoms with Crippen molar-refractivity contribution in [3.05, 3.63) is 58.3 Å². The van der Waals surface area contributed by atoms with Gasteiger partial charge in [0.1, 0.15) is 5.69 Å². The first kappa shape index (κ1) is 14.5. The fraction of sp³-hybridized carbons (Fsp3) is 0.200. The standard InChI is InChI=1S/C20H16N2O2/c1-11-6-12(2)16-10-22-17(20(23)24-3)8-13-4-5-14(9-21)18(19(13)22)15(16)7-11/h4-8H,10H2,1-3H3. The molecule has 0 unspecified atom stereocenters. The molecule has 0 saturated heterocycles. The van der Waals surface area contributed by atoms with Crippen LogP contribution in [0.15, 0.2) is 30.3 Å². The first-order valence-electron chi connectivity index (χ1n) is 7.80. The lowest BCUT2D eigenvalue weighted by atomic mass is 9.88. The quantitative estimate of drug-likeness (QED) is 0.500. The number of esters is 1. The Bertz CT molecular complexity index is 1070. The zero-order valence-electron chi connectivity index (χ0n) is 13.8. The number of methoxy groups -OCH3 is 1. The van der Waals surface area contributed by atoms with Crippen molar-refractivity contribution in [1.82, 2.24) is 4.57 Å². The molecule has 2 aromatic carbocycles. The van der Waals surface area contributed by atoms with Crippen LogP contribution in [0.4, 0.5) is 0 Å². The molecule has 0 bridgehead atoms. The minimum Gasteiger partial charge on any atom is -0.464 e. The van der Waals surface area contributed by atoms with Gasteiger partial charge in [-0.3, -0.25) is 0 Å². The highest BCUT2D eigenvalue weighted by atomic mass is 16.5. The maximum atomic E-state index is 12.2. The molecule has 0 atom stereocenters. The summed E-state index contributed by atoms with van der Waals surface area (Å²) in [7, 11) is 1.39. The van der Waals surface area contributed by atoms with E-state index in [9.17, 15) is 10.1 Å². The molecular weight excluding hydrogens is 300 g/mol. The Morgan fingerprint density at radius 2 is 2.04 bits per heavy atom. The van der Waals surface area contributed by atoms with E-state index in [2.05, 4.69) is 32.0 Å². The second kappa shape index (κ2) is 4.97. The van der Waals surface area contributed by atoms with Crippen molar-refractivity contribution in [1.29, 1.82) is 5.26 Å². The number of hydrogen-bond acceptors (Lipinski definition) is 3. The maximum Gasteiger partial charge on any atom is 0.354 e. The van der Waals surface area contributed by atoms with Crippen molar-refractivity contribution in [2.75, 3.05) is 7.11 Å². The van der Waals surface area contributed by atoms with Crippen LogP contribution in [0, 0.1) is 25.2 Å². The maximum absolute atomic E-state index is 12.2. The van der Waals surface area contributed by atoms with E-state index in [-0.39, 0.29) is 5.97 Å². The molecule has 0 amide bonds. The molecule has 24 heavy (non-hydrogen) atoms. The van der Waals surface area contributed by atoms with Gasteiger partial charge in [-0.1, -0.05) is 23.8 Å². The molecule has 1 aromatic heterocycles. The summed E-state index contributed by atoms with van der Waals surface area (Å²) < 4.78 is 6.92. The minimum absolute atomic E-state index is 0.358. The van der Waals surface area contributed by atoms with Crippen LogP contribution in [-0.2, 0) is 11.3 Å². The summed E-state index contributed by atoms with van der Waals surface area (Å²) >= 11 is 0. The molecule has 1 aliphatic rings. The van der Waals surface area contributed by atoms with Crippen LogP contribution in [0.2, 0.25) is 0 Å². The highest BCUT2D eigenvalue weighted by Crippen LogP contribution is 2.41. The van der Waals surface area contributed by atoms with E-state index in [0.29, 0.717) is 17.8 Å². The molecule has 4 rings (SSSR count). The van der Waals surface area contributed by atoms with E-state index in [1.165, 1.54) is 18.2 Å². The van der Waals surface area contributed by atoms with Gasteiger partial charge < -0.3 is 9.30 Å². The van der Waals surface area contributed by atoms with Crippen molar-refractivity contribution in [2.45, 2.75) is 20.4 Å². The van der Waals surface area contributed by atoms with Gasteiger partial charge in [0.25, 0.3) is 0 Å². The van der Waals surface area contributed by atoms with Gasteiger partial charge in [-0.15, -0.1) is 0 Å². The van der Waals surface area contributed by atoms with Crippen molar-refractivity contribution in [3.8, 4) is 17.2 Å². The Hall–Kier alpha value is -3.06. The van der Waals surface area contributed by atoms with Gasteiger partial charge in [0.05, 0.1) is 24.3 Å². The number of carbonyl (C=O) groups excluding carboxylic acids is 1. The molecule has 0 saturated carbocycles. The molecule has 118 valence electrons. The smallest absolute Gasteiger partial charge is 0.354 e. The Kier molecular flexibility index (Phi) is 3.01. The normalized spacial score (nSPS) is 11.9. The monoisotopic (exact) mass is 316 g/mol. The fourth-order valence-corrected chi connectivity index (χ4v) is 3.75. The summed E-state index contributed by atoms with van der Waals surface area (Å²) in [5.41, 5.74) is 7.58. The zero-order chi connectivity index (χ0) is 17.0. The van der Waals surface area contributed by atoms with Crippen molar-refractivity contribution >= 4 is 16.9 Å². The molecule has 0 radical (unpaired) electrons. The third kappa shape index (κ3) is 1.82. The molecule has 3 aromatic rings. The Labute approximate surface area is 139 Å². The van der Waals surface area contributed by atoms with E-state index in [1.54, 1.807) is 0 Å². The van der Waals surface area contributed by atoms with Crippen LogP contribution in [0.1, 0.15) is 32.7 Å². The Morgan fingerprint density at radius 3 is 2.75 bits per heavy atom. The predicted octanol–water partition coefficient (Wildman–Crippen LogP) is 3.95. The van der Waals surface area contributed by atoms with Gasteiger partial charge in [0.2, 0.25) is 0 Å². The predicted molar refractivity (Wildman–Crippen MR) is 92.0 cm³/mol. The van der Waals surface area contributed by atoms with Gasteiger partial charge in [0, 0.05) is 17.5 Å². The van der Waals surface area contributed by atoms with E-state index < -0.39 is 0 Å². The zero-order valence-corrected chi connectivity index (χ0v) is 13.8. The second-order valence-electron chi connectivity index (χ2n) is 6.25. The summed E-state index contributed by atoms with van der Waals surface area (Å²) in [6, 6.07) is 12.1. The van der Waals surface area contributed by atoms with Gasteiger partial charge in [-0.05, 0) is 42.7 Å². The fourth-order valence-electron chi connectivity index (χ4n) is 3.75. The van der Waals surface area contributed by atoms with Gasteiger partial charge in [-0.2, -0.15) is 5.26 Å². The van der Waals surface area contributed by atoms with Crippen LogP contribution in [0.3, 0.4) is 0 Å². The van der Waals surface area contributed by atoms with Crippen LogP contribution in [0.5, 0.6) is 0 Å². The molecule has 0 fully saturated rings. The van der Waals surface area contributed by atoms with Crippen molar-refractivity contribution in [2.24, 2.45) is 0 Å². The molecule has 2 heterocycles. The number of nitrogens with zero attached hydrogens (tertiary/aromatic N) is 2. The lowest BCUT2D eigenvalue weighted by molar-refractivity contribution is 0.0589. The van der Waals surface area contributed by atoms with E-state index in [0.717, 1.165) is 27.6 Å². The Morgan fingerprint density at radius 1 is 1.25 bits per heavy atom.